The van der Waals surface area contributed by atoms with Crippen LogP contribution in [-0.2, 0) is 14.8 Å². The highest BCUT2D eigenvalue weighted by molar-refractivity contribution is 7.89. The van der Waals surface area contributed by atoms with Crippen LogP contribution in [0.5, 0.6) is 0 Å². The largest absolute Gasteiger partial charge is 0.480 e. The predicted molar refractivity (Wildman–Crippen MR) is 63.2 cm³/mol. The molecule has 1 unspecified atom stereocenters. The summed E-state index contributed by atoms with van der Waals surface area (Å²) in [7, 11) is -2.83. The number of hydrogen-bond donors (Lipinski definition) is 1. The zero-order valence-corrected chi connectivity index (χ0v) is 10.7. The van der Waals surface area contributed by atoms with Gasteiger partial charge in [0.2, 0.25) is 10.0 Å². The van der Waals surface area contributed by atoms with Gasteiger partial charge in [-0.25, -0.2) is 8.42 Å². The molecule has 0 aliphatic rings. The van der Waals surface area contributed by atoms with Crippen molar-refractivity contribution >= 4 is 16.0 Å². The number of likely N-dealkylation sites (N-methyl/N-ethyl adjacent to an activating group) is 1. The predicted octanol–water partition coefficient (Wildman–Crippen LogP) is 0.652. The van der Waals surface area contributed by atoms with Crippen LogP contribution in [0.25, 0.3) is 0 Å². The Morgan fingerprint density at radius 2 is 2.00 bits per heavy atom. The van der Waals surface area contributed by atoms with Crippen molar-refractivity contribution < 1.29 is 18.3 Å². The first kappa shape index (κ1) is 14.2. The molecule has 0 spiro atoms. The van der Waals surface area contributed by atoms with E-state index in [1.54, 1.807) is 6.07 Å². The molecule has 0 fully saturated rings. The van der Waals surface area contributed by atoms with Crippen molar-refractivity contribution in [3.63, 3.8) is 0 Å². The molecular formula is C11H12N2O4S. The van der Waals surface area contributed by atoms with E-state index < -0.39 is 22.0 Å². The molecule has 0 radical (unpaired) electrons. The molecule has 7 heteroatoms. The van der Waals surface area contributed by atoms with Crippen LogP contribution < -0.4 is 0 Å². The summed E-state index contributed by atoms with van der Waals surface area (Å²) in [6.07, 6.45) is 0. The SMILES string of the molecule is CC(C(=O)O)N(C)S(=O)(=O)c1ccccc1C#N. The minimum Gasteiger partial charge on any atom is -0.480 e. The smallest absolute Gasteiger partial charge is 0.321 e. The van der Waals surface area contributed by atoms with E-state index in [1.165, 1.54) is 38.2 Å². The maximum atomic E-state index is 12.2. The number of hydrogen-bond acceptors (Lipinski definition) is 4. The molecule has 0 saturated carbocycles. The minimum atomic E-state index is -4.00. The fourth-order valence-electron chi connectivity index (χ4n) is 1.30. The lowest BCUT2D eigenvalue weighted by molar-refractivity contribution is -0.140. The third-order valence-corrected chi connectivity index (χ3v) is 4.55. The number of benzene rings is 1. The molecule has 0 bridgehead atoms. The topological polar surface area (TPSA) is 98.5 Å². The average molecular weight is 268 g/mol. The highest BCUT2D eigenvalue weighted by atomic mass is 32.2. The van der Waals surface area contributed by atoms with Crippen molar-refractivity contribution in [2.24, 2.45) is 0 Å². The Labute approximate surface area is 105 Å². The van der Waals surface area contributed by atoms with Crippen LogP contribution in [0.4, 0.5) is 0 Å². The minimum absolute atomic E-state index is 0.0121. The molecule has 1 aromatic carbocycles. The van der Waals surface area contributed by atoms with Crippen LogP contribution >= 0.6 is 0 Å². The molecule has 0 heterocycles. The summed E-state index contributed by atoms with van der Waals surface area (Å²) in [4.78, 5) is 10.6. The monoisotopic (exact) mass is 268 g/mol. The van der Waals surface area contributed by atoms with E-state index in [2.05, 4.69) is 0 Å². The van der Waals surface area contributed by atoms with Gasteiger partial charge < -0.3 is 5.11 Å². The maximum Gasteiger partial charge on any atom is 0.321 e. The van der Waals surface area contributed by atoms with E-state index in [4.69, 9.17) is 10.4 Å². The quantitative estimate of drug-likeness (QED) is 0.864. The van der Waals surface area contributed by atoms with Crippen molar-refractivity contribution in [3.05, 3.63) is 29.8 Å². The van der Waals surface area contributed by atoms with E-state index in [1.807, 2.05) is 0 Å². The van der Waals surface area contributed by atoms with Gasteiger partial charge in [-0.1, -0.05) is 12.1 Å². The number of nitrogens with zero attached hydrogens (tertiary/aromatic N) is 2. The Balaban J connectivity index is 3.31. The van der Waals surface area contributed by atoms with Gasteiger partial charge in [0.1, 0.15) is 12.1 Å². The molecule has 0 amide bonds. The first-order chi connectivity index (χ1) is 8.32. The van der Waals surface area contributed by atoms with Crippen molar-refractivity contribution in [1.29, 1.82) is 5.26 Å². The number of nitriles is 1. The first-order valence-corrected chi connectivity index (χ1v) is 6.46. The fourth-order valence-corrected chi connectivity index (χ4v) is 2.76. The summed E-state index contributed by atoms with van der Waals surface area (Å²) in [5.74, 6) is -1.25. The lowest BCUT2D eigenvalue weighted by Crippen LogP contribution is -2.40. The highest BCUT2D eigenvalue weighted by Crippen LogP contribution is 2.20. The van der Waals surface area contributed by atoms with Gasteiger partial charge in [-0.2, -0.15) is 9.57 Å². The summed E-state index contributed by atoms with van der Waals surface area (Å²) in [5, 5.41) is 17.7. The van der Waals surface area contributed by atoms with Crippen molar-refractivity contribution in [2.45, 2.75) is 17.9 Å². The second-order valence-corrected chi connectivity index (χ2v) is 5.61. The molecule has 1 atom stereocenters. The van der Waals surface area contributed by atoms with Gasteiger partial charge in [0.05, 0.1) is 10.5 Å². The van der Waals surface area contributed by atoms with E-state index in [9.17, 15) is 13.2 Å². The number of carboxylic acid groups (broad SMARTS) is 1. The van der Waals surface area contributed by atoms with E-state index in [0.717, 1.165) is 4.31 Å². The third-order valence-electron chi connectivity index (χ3n) is 2.57. The second kappa shape index (κ2) is 5.16. The summed E-state index contributed by atoms with van der Waals surface area (Å²) < 4.78 is 25.1. The summed E-state index contributed by atoms with van der Waals surface area (Å²) in [6.45, 7) is 1.26. The standard InChI is InChI=1S/C11H12N2O4S/c1-8(11(14)15)13(2)18(16,17)10-6-4-3-5-9(10)7-12/h3-6,8H,1-2H3,(H,14,15). The van der Waals surface area contributed by atoms with Crippen LogP contribution in [-0.4, -0.2) is 36.9 Å². The molecule has 0 aliphatic heterocycles. The van der Waals surface area contributed by atoms with E-state index >= 15 is 0 Å². The highest BCUT2D eigenvalue weighted by Gasteiger charge is 2.30. The van der Waals surface area contributed by atoms with Crippen LogP contribution in [0.2, 0.25) is 0 Å². The number of aliphatic carboxylic acids is 1. The Kier molecular flexibility index (Phi) is 4.06. The molecule has 0 aromatic heterocycles. The summed E-state index contributed by atoms with van der Waals surface area (Å²) >= 11 is 0. The van der Waals surface area contributed by atoms with Gasteiger partial charge >= 0.3 is 5.97 Å². The molecule has 1 rings (SSSR count). The number of rotatable bonds is 4. The van der Waals surface area contributed by atoms with Crippen molar-refractivity contribution in [2.75, 3.05) is 7.05 Å². The van der Waals surface area contributed by atoms with Gasteiger partial charge in [-0.05, 0) is 19.1 Å². The Morgan fingerprint density at radius 3 is 2.50 bits per heavy atom. The van der Waals surface area contributed by atoms with Crippen LogP contribution in [0.3, 0.4) is 0 Å². The summed E-state index contributed by atoms with van der Waals surface area (Å²) in [5.41, 5.74) is -0.0121. The molecule has 0 saturated heterocycles. The van der Waals surface area contributed by atoms with Gasteiger partial charge in [0.15, 0.2) is 0 Å². The maximum absolute atomic E-state index is 12.2. The van der Waals surface area contributed by atoms with Gasteiger partial charge in [-0.3, -0.25) is 4.79 Å². The van der Waals surface area contributed by atoms with Gasteiger partial charge in [-0.15, -0.1) is 0 Å². The van der Waals surface area contributed by atoms with Crippen LogP contribution in [0.1, 0.15) is 12.5 Å². The zero-order valence-electron chi connectivity index (χ0n) is 9.86. The number of carboxylic acids is 1. The number of carbonyl (C=O) groups is 1. The van der Waals surface area contributed by atoms with Crippen LogP contribution in [0.15, 0.2) is 29.2 Å². The number of sulfonamides is 1. The lowest BCUT2D eigenvalue weighted by atomic mass is 10.2. The third kappa shape index (κ3) is 2.50. The Morgan fingerprint density at radius 1 is 1.44 bits per heavy atom. The van der Waals surface area contributed by atoms with Gasteiger partial charge in [0.25, 0.3) is 0 Å². The van der Waals surface area contributed by atoms with E-state index in [-0.39, 0.29) is 10.5 Å². The Bertz CT molecular complexity index is 604. The second-order valence-electron chi connectivity index (χ2n) is 3.64. The Hall–Kier alpha value is -1.91. The first-order valence-electron chi connectivity index (χ1n) is 5.02. The zero-order chi connectivity index (χ0) is 13.9. The fraction of sp³-hybridized carbons (Fsp3) is 0.273. The van der Waals surface area contributed by atoms with Gasteiger partial charge in [0, 0.05) is 7.05 Å². The van der Waals surface area contributed by atoms with E-state index in [0.29, 0.717) is 0 Å². The van der Waals surface area contributed by atoms with Crippen molar-refractivity contribution in [3.8, 4) is 6.07 Å². The molecule has 18 heavy (non-hydrogen) atoms. The molecule has 0 aliphatic carbocycles. The summed E-state index contributed by atoms with van der Waals surface area (Å²) in [6, 6.07) is 6.23. The molecule has 1 aromatic rings. The van der Waals surface area contributed by atoms with Crippen molar-refractivity contribution in [1.82, 2.24) is 4.31 Å². The molecule has 6 nitrogen and oxygen atoms in total. The van der Waals surface area contributed by atoms with Crippen LogP contribution in [0, 0.1) is 11.3 Å². The molecular weight excluding hydrogens is 256 g/mol. The lowest BCUT2D eigenvalue weighted by Gasteiger charge is -2.21. The molecule has 1 N–H and O–H groups in total. The molecule has 96 valence electrons. The normalized spacial score (nSPS) is 13.0. The average Bonchev–Trinajstić information content (AvgIpc) is 2.36.